The Hall–Kier alpha value is -0.940. The van der Waals surface area contributed by atoms with Crippen LogP contribution in [0.3, 0.4) is 0 Å². The molecule has 0 radical (unpaired) electrons. The van der Waals surface area contributed by atoms with E-state index in [-0.39, 0.29) is 0 Å². The molecule has 0 aliphatic carbocycles. The van der Waals surface area contributed by atoms with E-state index in [0.29, 0.717) is 0 Å². The average molecular weight is 236 g/mol. The smallest absolute Gasteiger partial charge is 0.212 e. The third-order valence-electron chi connectivity index (χ3n) is 3.21. The van der Waals surface area contributed by atoms with Gasteiger partial charge < -0.3 is 0 Å². The number of fused-ring (bicyclic) bond motifs is 3. The Morgan fingerprint density at radius 1 is 1.38 bits per heavy atom. The molecule has 0 atom stereocenters. The summed E-state index contributed by atoms with van der Waals surface area (Å²) in [5.41, 5.74) is 2.56. The summed E-state index contributed by atoms with van der Waals surface area (Å²) in [5.74, 6) is 0. The molecule has 16 heavy (non-hydrogen) atoms. The number of aryl methyl sites for hydroxylation is 1. The van der Waals surface area contributed by atoms with Crippen LogP contribution in [0, 0.1) is 0 Å². The molecular formula is C11H16N4S. The van der Waals surface area contributed by atoms with Crippen molar-refractivity contribution in [1.29, 1.82) is 0 Å². The second-order valence-corrected chi connectivity index (χ2v) is 5.21. The summed E-state index contributed by atoms with van der Waals surface area (Å²) in [7, 11) is 0. The summed E-state index contributed by atoms with van der Waals surface area (Å²) in [6, 6.07) is 0. The highest BCUT2D eigenvalue weighted by atomic mass is 32.1. The van der Waals surface area contributed by atoms with Gasteiger partial charge in [-0.25, -0.2) is 9.50 Å². The van der Waals surface area contributed by atoms with Gasteiger partial charge in [-0.2, -0.15) is 5.10 Å². The normalized spacial score (nSPS) is 16.9. The standard InChI is InChI=1S/C11H16N4S/c1-3-10-13-15-9-7-14(4-2)6-5-8(9)12-11(15)16-10/h3-7H2,1-2H3. The lowest BCUT2D eigenvalue weighted by Gasteiger charge is -2.24. The summed E-state index contributed by atoms with van der Waals surface area (Å²) in [5, 5.41) is 5.80. The number of imidazole rings is 1. The summed E-state index contributed by atoms with van der Waals surface area (Å²) in [6.45, 7) is 7.59. The maximum absolute atomic E-state index is 4.68. The van der Waals surface area contributed by atoms with E-state index < -0.39 is 0 Å². The van der Waals surface area contributed by atoms with Crippen molar-refractivity contribution in [3.05, 3.63) is 16.4 Å². The SMILES string of the molecule is CCc1nn2c3c(nc2s1)CCN(CC)C3. The molecule has 0 fully saturated rings. The first-order valence-electron chi connectivity index (χ1n) is 5.90. The van der Waals surface area contributed by atoms with E-state index in [1.807, 2.05) is 0 Å². The molecule has 0 bridgehead atoms. The van der Waals surface area contributed by atoms with Crippen molar-refractivity contribution in [3.8, 4) is 0 Å². The highest BCUT2D eigenvalue weighted by Gasteiger charge is 2.22. The van der Waals surface area contributed by atoms with E-state index in [2.05, 4.69) is 33.3 Å². The van der Waals surface area contributed by atoms with E-state index in [9.17, 15) is 0 Å². The highest BCUT2D eigenvalue weighted by molar-refractivity contribution is 7.16. The molecular weight excluding hydrogens is 220 g/mol. The van der Waals surface area contributed by atoms with Crippen LogP contribution in [0.15, 0.2) is 0 Å². The van der Waals surface area contributed by atoms with Crippen molar-refractivity contribution < 1.29 is 0 Å². The zero-order chi connectivity index (χ0) is 11.1. The van der Waals surface area contributed by atoms with Gasteiger partial charge in [0.25, 0.3) is 0 Å². The molecule has 86 valence electrons. The number of hydrogen-bond donors (Lipinski definition) is 0. The molecule has 2 aromatic heterocycles. The molecule has 4 nitrogen and oxygen atoms in total. The predicted molar refractivity (Wildman–Crippen MR) is 64.9 cm³/mol. The van der Waals surface area contributed by atoms with Crippen molar-refractivity contribution in [1.82, 2.24) is 19.5 Å². The van der Waals surface area contributed by atoms with Crippen LogP contribution in [0.5, 0.6) is 0 Å². The van der Waals surface area contributed by atoms with Gasteiger partial charge in [-0.1, -0.05) is 25.2 Å². The Balaban J connectivity index is 2.07. The Bertz CT molecular complexity index is 513. The van der Waals surface area contributed by atoms with Gasteiger partial charge in [0.2, 0.25) is 4.96 Å². The topological polar surface area (TPSA) is 33.4 Å². The first kappa shape index (κ1) is 10.2. The first-order valence-corrected chi connectivity index (χ1v) is 6.72. The average Bonchev–Trinajstić information content (AvgIpc) is 2.85. The first-order chi connectivity index (χ1) is 7.81. The fourth-order valence-electron chi connectivity index (χ4n) is 2.20. The van der Waals surface area contributed by atoms with E-state index in [1.54, 1.807) is 11.3 Å². The second kappa shape index (κ2) is 3.82. The minimum atomic E-state index is 1.000. The van der Waals surface area contributed by atoms with Crippen LogP contribution in [-0.2, 0) is 19.4 Å². The van der Waals surface area contributed by atoms with Crippen LogP contribution in [0.1, 0.15) is 30.2 Å². The number of aromatic nitrogens is 3. The number of likely N-dealkylation sites (N-methyl/N-ethyl adjacent to an activating group) is 1. The molecule has 1 aliphatic heterocycles. The van der Waals surface area contributed by atoms with Gasteiger partial charge in [-0.15, -0.1) is 0 Å². The molecule has 0 amide bonds. The molecule has 2 aromatic rings. The van der Waals surface area contributed by atoms with Gasteiger partial charge in [0, 0.05) is 19.5 Å². The van der Waals surface area contributed by atoms with Crippen molar-refractivity contribution in [2.24, 2.45) is 0 Å². The lowest BCUT2D eigenvalue weighted by molar-refractivity contribution is 0.261. The molecule has 0 spiro atoms. The molecule has 0 unspecified atom stereocenters. The number of nitrogens with zero attached hydrogens (tertiary/aromatic N) is 4. The molecule has 5 heteroatoms. The summed E-state index contributed by atoms with van der Waals surface area (Å²) >= 11 is 1.72. The van der Waals surface area contributed by atoms with Crippen LogP contribution in [0.25, 0.3) is 4.96 Å². The summed E-state index contributed by atoms with van der Waals surface area (Å²) in [6.07, 6.45) is 2.07. The fraction of sp³-hybridized carbons (Fsp3) is 0.636. The van der Waals surface area contributed by atoms with Crippen molar-refractivity contribution in [2.45, 2.75) is 33.2 Å². The van der Waals surface area contributed by atoms with Crippen LogP contribution in [-0.4, -0.2) is 32.6 Å². The van der Waals surface area contributed by atoms with Gasteiger partial charge in [-0.05, 0) is 13.0 Å². The number of rotatable bonds is 2. The van der Waals surface area contributed by atoms with Crippen LogP contribution in [0.2, 0.25) is 0 Å². The second-order valence-electron chi connectivity index (χ2n) is 4.17. The van der Waals surface area contributed by atoms with Crippen molar-refractivity contribution >= 4 is 16.3 Å². The lowest BCUT2D eigenvalue weighted by atomic mass is 10.1. The molecule has 3 heterocycles. The molecule has 1 aliphatic rings. The molecule has 0 N–H and O–H groups in total. The van der Waals surface area contributed by atoms with Crippen LogP contribution < -0.4 is 0 Å². The molecule has 0 aromatic carbocycles. The minimum absolute atomic E-state index is 1.000. The van der Waals surface area contributed by atoms with E-state index in [4.69, 9.17) is 0 Å². The summed E-state index contributed by atoms with van der Waals surface area (Å²) in [4.78, 5) is 8.20. The Morgan fingerprint density at radius 2 is 2.25 bits per heavy atom. The van der Waals surface area contributed by atoms with Gasteiger partial charge in [0.1, 0.15) is 5.01 Å². The zero-order valence-electron chi connectivity index (χ0n) is 9.73. The van der Waals surface area contributed by atoms with Crippen molar-refractivity contribution in [3.63, 3.8) is 0 Å². The van der Waals surface area contributed by atoms with Gasteiger partial charge in [-0.3, -0.25) is 4.90 Å². The minimum Gasteiger partial charge on any atom is -0.297 e. The van der Waals surface area contributed by atoms with Crippen LogP contribution >= 0.6 is 11.3 Å². The maximum Gasteiger partial charge on any atom is 0.212 e. The number of hydrogen-bond acceptors (Lipinski definition) is 4. The Labute approximate surface area is 98.9 Å². The Kier molecular flexibility index (Phi) is 2.44. The maximum atomic E-state index is 4.68. The third kappa shape index (κ3) is 1.46. The molecule has 0 saturated carbocycles. The van der Waals surface area contributed by atoms with Crippen LogP contribution in [0.4, 0.5) is 0 Å². The van der Waals surface area contributed by atoms with E-state index >= 15 is 0 Å². The van der Waals surface area contributed by atoms with Gasteiger partial charge in [0.15, 0.2) is 0 Å². The van der Waals surface area contributed by atoms with E-state index in [1.165, 1.54) is 16.4 Å². The Morgan fingerprint density at radius 3 is 3.00 bits per heavy atom. The summed E-state index contributed by atoms with van der Waals surface area (Å²) < 4.78 is 2.06. The molecule has 3 rings (SSSR count). The van der Waals surface area contributed by atoms with E-state index in [0.717, 1.165) is 37.4 Å². The van der Waals surface area contributed by atoms with Crippen molar-refractivity contribution in [2.75, 3.05) is 13.1 Å². The lowest BCUT2D eigenvalue weighted by Crippen LogP contribution is -2.30. The largest absolute Gasteiger partial charge is 0.297 e. The van der Waals surface area contributed by atoms with Gasteiger partial charge in [0.05, 0.1) is 11.4 Å². The monoisotopic (exact) mass is 236 g/mol. The molecule has 0 saturated heterocycles. The fourth-order valence-corrected chi connectivity index (χ4v) is 3.07. The zero-order valence-corrected chi connectivity index (χ0v) is 10.5. The van der Waals surface area contributed by atoms with Gasteiger partial charge >= 0.3 is 0 Å². The third-order valence-corrected chi connectivity index (χ3v) is 4.26. The predicted octanol–water partition coefficient (Wildman–Crippen LogP) is 1.73. The quantitative estimate of drug-likeness (QED) is 0.796. The highest BCUT2D eigenvalue weighted by Crippen LogP contribution is 2.23.